The molecule has 0 fully saturated rings. The number of thiophene rings is 1. The maximum absolute atomic E-state index is 12.4. The highest BCUT2D eigenvalue weighted by Gasteiger charge is 2.25. The topological polar surface area (TPSA) is 126 Å². The van der Waals surface area contributed by atoms with E-state index in [0.717, 1.165) is 4.88 Å². The highest BCUT2D eigenvalue weighted by Crippen LogP contribution is 2.21. The van der Waals surface area contributed by atoms with Gasteiger partial charge in [-0.25, -0.2) is 4.79 Å². The summed E-state index contributed by atoms with van der Waals surface area (Å²) in [6.45, 7) is 3.14. The van der Waals surface area contributed by atoms with Crippen molar-refractivity contribution in [3.8, 4) is 10.7 Å². The van der Waals surface area contributed by atoms with Gasteiger partial charge in [-0.05, 0) is 24.8 Å². The molecule has 2 aromatic rings. The molecule has 2 N–H and O–H groups in total. The number of carbonyl (C=O) groups is 3. The molecule has 2 aromatic heterocycles. The zero-order valence-electron chi connectivity index (χ0n) is 15.2. The van der Waals surface area contributed by atoms with E-state index in [1.54, 1.807) is 0 Å². The summed E-state index contributed by atoms with van der Waals surface area (Å²) in [5.74, 6) is -0.676. The van der Waals surface area contributed by atoms with E-state index < -0.39 is 12.0 Å². The molecule has 0 aliphatic rings. The Morgan fingerprint density at radius 1 is 1.41 bits per heavy atom. The standard InChI is InChI=1S/C17H22N4O5S/c1-11(17(24)25)21(9-8-18-12(2)22)15(23)7-3-6-14-19-16(20-26-14)13-5-4-10-27-13/h4-5,10-11H,3,6-9H2,1-2H3,(H,18,22)(H,24,25). The molecule has 9 nitrogen and oxygen atoms in total. The Morgan fingerprint density at radius 3 is 2.81 bits per heavy atom. The molecule has 0 saturated heterocycles. The fourth-order valence-corrected chi connectivity index (χ4v) is 3.07. The van der Waals surface area contributed by atoms with Crippen LogP contribution < -0.4 is 5.32 Å². The number of nitrogens with zero attached hydrogens (tertiary/aromatic N) is 3. The van der Waals surface area contributed by atoms with Gasteiger partial charge in [-0.15, -0.1) is 11.3 Å². The average molecular weight is 394 g/mol. The van der Waals surface area contributed by atoms with Crippen LogP contribution in [0.1, 0.15) is 32.6 Å². The summed E-state index contributed by atoms with van der Waals surface area (Å²) in [4.78, 5) is 41.1. The number of aromatic nitrogens is 2. The van der Waals surface area contributed by atoms with Crippen LogP contribution in [0.3, 0.4) is 0 Å². The second-order valence-corrected chi connectivity index (χ2v) is 6.87. The zero-order valence-corrected chi connectivity index (χ0v) is 16.0. The molecule has 1 atom stereocenters. The number of carboxylic acid groups (broad SMARTS) is 1. The third-order valence-corrected chi connectivity index (χ3v) is 4.73. The van der Waals surface area contributed by atoms with Crippen molar-refractivity contribution in [1.29, 1.82) is 0 Å². The number of aryl methyl sites for hydroxylation is 1. The van der Waals surface area contributed by atoms with Crippen molar-refractivity contribution < 1.29 is 24.0 Å². The lowest BCUT2D eigenvalue weighted by molar-refractivity contribution is -0.149. The predicted molar refractivity (Wildman–Crippen MR) is 98.0 cm³/mol. The molecule has 0 saturated carbocycles. The first kappa shape index (κ1) is 20.6. The number of carbonyl (C=O) groups excluding carboxylic acids is 2. The van der Waals surface area contributed by atoms with Gasteiger partial charge in [0.05, 0.1) is 4.88 Å². The quantitative estimate of drug-likeness (QED) is 0.626. The third kappa shape index (κ3) is 6.17. The van der Waals surface area contributed by atoms with Crippen LogP contribution >= 0.6 is 11.3 Å². The third-order valence-electron chi connectivity index (χ3n) is 3.86. The van der Waals surface area contributed by atoms with Gasteiger partial charge in [-0.2, -0.15) is 4.98 Å². The summed E-state index contributed by atoms with van der Waals surface area (Å²) in [6.07, 6.45) is 1.02. The molecule has 1 unspecified atom stereocenters. The van der Waals surface area contributed by atoms with Crippen LogP contribution in [0.2, 0.25) is 0 Å². The molecule has 0 aliphatic heterocycles. The van der Waals surface area contributed by atoms with E-state index in [9.17, 15) is 19.5 Å². The predicted octanol–water partition coefficient (Wildman–Crippen LogP) is 1.56. The number of aliphatic carboxylic acids is 1. The van der Waals surface area contributed by atoms with Gasteiger partial charge in [-0.3, -0.25) is 9.59 Å². The van der Waals surface area contributed by atoms with Crippen LogP contribution in [0.5, 0.6) is 0 Å². The lowest BCUT2D eigenvalue weighted by Crippen LogP contribution is -2.46. The van der Waals surface area contributed by atoms with Crippen molar-refractivity contribution in [2.45, 2.75) is 39.2 Å². The normalized spacial score (nSPS) is 11.8. The van der Waals surface area contributed by atoms with E-state index >= 15 is 0 Å². The first-order valence-corrected chi connectivity index (χ1v) is 9.39. The second kappa shape index (κ2) is 9.81. The van der Waals surface area contributed by atoms with Gasteiger partial charge in [0.1, 0.15) is 6.04 Å². The van der Waals surface area contributed by atoms with Crippen LogP contribution in [0.4, 0.5) is 0 Å². The van der Waals surface area contributed by atoms with Gasteiger partial charge in [0.2, 0.25) is 23.5 Å². The molecule has 0 spiro atoms. The number of carboxylic acids is 1. The van der Waals surface area contributed by atoms with Crippen LogP contribution in [0, 0.1) is 0 Å². The van der Waals surface area contributed by atoms with Gasteiger partial charge in [0, 0.05) is 32.9 Å². The fraction of sp³-hybridized carbons (Fsp3) is 0.471. The van der Waals surface area contributed by atoms with E-state index in [1.807, 2.05) is 17.5 Å². The Kier molecular flexibility index (Phi) is 7.47. The van der Waals surface area contributed by atoms with E-state index in [0.29, 0.717) is 24.6 Å². The van der Waals surface area contributed by atoms with Gasteiger partial charge >= 0.3 is 5.97 Å². The first-order chi connectivity index (χ1) is 12.9. The molecule has 0 bridgehead atoms. The van der Waals surface area contributed by atoms with E-state index in [-0.39, 0.29) is 31.3 Å². The summed E-state index contributed by atoms with van der Waals surface area (Å²) in [5.41, 5.74) is 0. The highest BCUT2D eigenvalue weighted by atomic mass is 32.1. The van der Waals surface area contributed by atoms with Crippen molar-refractivity contribution in [3.63, 3.8) is 0 Å². The molecule has 10 heteroatoms. The first-order valence-electron chi connectivity index (χ1n) is 8.51. The molecular weight excluding hydrogens is 372 g/mol. The monoisotopic (exact) mass is 394 g/mol. The molecule has 146 valence electrons. The van der Waals surface area contributed by atoms with Gasteiger partial charge < -0.3 is 19.8 Å². The number of amides is 2. The molecule has 0 aliphatic carbocycles. The van der Waals surface area contributed by atoms with Gasteiger partial charge in [0.25, 0.3) is 0 Å². The minimum Gasteiger partial charge on any atom is -0.480 e. The maximum atomic E-state index is 12.4. The molecule has 27 heavy (non-hydrogen) atoms. The van der Waals surface area contributed by atoms with E-state index in [2.05, 4.69) is 15.5 Å². The van der Waals surface area contributed by atoms with Crippen molar-refractivity contribution in [2.75, 3.05) is 13.1 Å². The Bertz CT molecular complexity index is 774. The minimum absolute atomic E-state index is 0.134. The number of hydrogen-bond donors (Lipinski definition) is 2. The van der Waals surface area contributed by atoms with Crippen molar-refractivity contribution in [2.24, 2.45) is 0 Å². The largest absolute Gasteiger partial charge is 0.480 e. The summed E-state index contributed by atoms with van der Waals surface area (Å²) < 4.78 is 5.19. The summed E-state index contributed by atoms with van der Waals surface area (Å²) in [5, 5.41) is 17.6. The summed E-state index contributed by atoms with van der Waals surface area (Å²) in [6, 6.07) is 2.82. The van der Waals surface area contributed by atoms with Crippen LogP contribution in [0.25, 0.3) is 10.7 Å². The smallest absolute Gasteiger partial charge is 0.326 e. The lowest BCUT2D eigenvalue weighted by atomic mass is 10.2. The summed E-state index contributed by atoms with van der Waals surface area (Å²) >= 11 is 1.51. The van der Waals surface area contributed by atoms with Crippen molar-refractivity contribution >= 4 is 29.1 Å². The number of nitrogens with one attached hydrogen (secondary N) is 1. The molecule has 2 rings (SSSR count). The SMILES string of the molecule is CC(=O)NCCN(C(=O)CCCc1nc(-c2cccs2)no1)C(C)C(=O)O. The van der Waals surface area contributed by atoms with Gasteiger partial charge in [-0.1, -0.05) is 11.2 Å². The number of hydrogen-bond acceptors (Lipinski definition) is 7. The maximum Gasteiger partial charge on any atom is 0.326 e. The second-order valence-electron chi connectivity index (χ2n) is 5.93. The van der Waals surface area contributed by atoms with Gasteiger partial charge in [0.15, 0.2) is 0 Å². The average Bonchev–Trinajstić information content (AvgIpc) is 3.29. The molecule has 2 amide bonds. The lowest BCUT2D eigenvalue weighted by Gasteiger charge is -2.26. The minimum atomic E-state index is -1.09. The Morgan fingerprint density at radius 2 is 2.19 bits per heavy atom. The molecule has 2 heterocycles. The van der Waals surface area contributed by atoms with E-state index in [4.69, 9.17) is 4.52 Å². The molecular formula is C17H22N4O5S. The Balaban J connectivity index is 1.86. The van der Waals surface area contributed by atoms with E-state index in [1.165, 1.54) is 30.1 Å². The molecule has 0 aromatic carbocycles. The summed E-state index contributed by atoms with van der Waals surface area (Å²) in [7, 11) is 0. The highest BCUT2D eigenvalue weighted by molar-refractivity contribution is 7.13. The zero-order chi connectivity index (χ0) is 19.8. The Hall–Kier alpha value is -2.75. The fourth-order valence-electron chi connectivity index (χ4n) is 2.42. The molecule has 0 radical (unpaired) electrons. The van der Waals surface area contributed by atoms with Crippen LogP contribution in [0.15, 0.2) is 22.0 Å². The van der Waals surface area contributed by atoms with Crippen molar-refractivity contribution in [3.05, 3.63) is 23.4 Å². The number of rotatable bonds is 10. The Labute approximate surface area is 160 Å². The van der Waals surface area contributed by atoms with Crippen molar-refractivity contribution in [1.82, 2.24) is 20.4 Å². The van der Waals surface area contributed by atoms with Crippen LogP contribution in [-0.2, 0) is 20.8 Å². The van der Waals surface area contributed by atoms with Crippen LogP contribution in [-0.4, -0.2) is 57.1 Å².